The molecule has 1 aromatic heterocycles. The summed E-state index contributed by atoms with van der Waals surface area (Å²) in [6.07, 6.45) is 9.51. The molecule has 2 amide bonds. The van der Waals surface area contributed by atoms with Gasteiger partial charge in [0.05, 0.1) is 0 Å². The third-order valence-electron chi connectivity index (χ3n) is 6.93. The summed E-state index contributed by atoms with van der Waals surface area (Å²) in [4.78, 5) is 29.4. The molecular formula is C23H25N3O2. The zero-order valence-electron chi connectivity index (χ0n) is 15.9. The molecule has 144 valence electrons. The molecule has 0 radical (unpaired) electrons. The minimum Gasteiger partial charge on any atom is -0.267 e. The Bertz CT molecular complexity index is 874. The number of benzene rings is 1. The highest BCUT2D eigenvalue weighted by Crippen LogP contribution is 2.60. The molecule has 0 saturated heterocycles. The molecule has 28 heavy (non-hydrogen) atoms. The summed E-state index contributed by atoms with van der Waals surface area (Å²) in [6.45, 7) is 0. The van der Waals surface area contributed by atoms with E-state index in [2.05, 4.69) is 15.8 Å². The van der Waals surface area contributed by atoms with Gasteiger partial charge in [-0.25, -0.2) is 0 Å². The molecule has 4 saturated carbocycles. The molecule has 6 rings (SSSR count). The Balaban J connectivity index is 1.31. The molecule has 1 heterocycles. The van der Waals surface area contributed by atoms with Crippen LogP contribution in [0.4, 0.5) is 0 Å². The van der Waals surface area contributed by atoms with Crippen LogP contribution in [-0.4, -0.2) is 16.8 Å². The van der Waals surface area contributed by atoms with E-state index in [0.717, 1.165) is 23.4 Å². The van der Waals surface area contributed by atoms with Gasteiger partial charge in [0.2, 0.25) is 0 Å². The van der Waals surface area contributed by atoms with E-state index in [1.165, 1.54) is 38.5 Å². The van der Waals surface area contributed by atoms with Gasteiger partial charge < -0.3 is 0 Å². The monoisotopic (exact) mass is 375 g/mol. The Morgan fingerprint density at radius 1 is 0.821 bits per heavy atom. The summed E-state index contributed by atoms with van der Waals surface area (Å²) < 4.78 is 0. The van der Waals surface area contributed by atoms with Gasteiger partial charge in [0.25, 0.3) is 11.8 Å². The smallest absolute Gasteiger partial charge is 0.267 e. The summed E-state index contributed by atoms with van der Waals surface area (Å²) >= 11 is 0. The predicted octanol–water partition coefficient (Wildman–Crippen LogP) is 3.62. The standard InChI is InChI=1S/C23H25N3O2/c27-21(18-4-2-1-3-5-18)25-26-22(28)19-6-7-24-20(11-19)23-12-15-8-16(13-23)10-17(9-15)14-23/h1-7,11,15-17H,8-10,12-14H2,(H,25,27)(H,26,28). The fraction of sp³-hybridized carbons (Fsp3) is 0.435. The molecule has 1 aromatic carbocycles. The van der Waals surface area contributed by atoms with Crippen LogP contribution in [0.1, 0.15) is 64.9 Å². The van der Waals surface area contributed by atoms with E-state index < -0.39 is 0 Å². The molecule has 4 aliphatic rings. The number of hydrogen-bond donors (Lipinski definition) is 2. The summed E-state index contributed by atoms with van der Waals surface area (Å²) in [7, 11) is 0. The Kier molecular flexibility index (Phi) is 4.18. The first-order valence-electron chi connectivity index (χ1n) is 10.2. The van der Waals surface area contributed by atoms with Crippen LogP contribution in [0.2, 0.25) is 0 Å². The maximum atomic E-state index is 12.6. The number of nitrogens with one attached hydrogen (secondary N) is 2. The molecule has 0 spiro atoms. The molecule has 5 nitrogen and oxygen atoms in total. The molecule has 4 bridgehead atoms. The van der Waals surface area contributed by atoms with Crippen molar-refractivity contribution in [1.29, 1.82) is 0 Å². The lowest BCUT2D eigenvalue weighted by Gasteiger charge is -2.56. The highest BCUT2D eigenvalue weighted by atomic mass is 16.2. The summed E-state index contributed by atoms with van der Waals surface area (Å²) in [6, 6.07) is 12.5. The normalized spacial score (nSPS) is 30.1. The molecule has 2 N–H and O–H groups in total. The fourth-order valence-corrected chi connectivity index (χ4v) is 6.13. The van der Waals surface area contributed by atoms with Gasteiger partial charge in [0, 0.05) is 28.4 Å². The van der Waals surface area contributed by atoms with Crippen LogP contribution in [-0.2, 0) is 5.41 Å². The highest BCUT2D eigenvalue weighted by Gasteiger charge is 2.52. The second-order valence-electron chi connectivity index (χ2n) is 8.90. The van der Waals surface area contributed by atoms with Crippen LogP contribution in [0.15, 0.2) is 48.7 Å². The van der Waals surface area contributed by atoms with Crippen LogP contribution < -0.4 is 10.9 Å². The van der Waals surface area contributed by atoms with Crippen LogP contribution in [0, 0.1) is 17.8 Å². The van der Waals surface area contributed by atoms with E-state index in [-0.39, 0.29) is 17.2 Å². The lowest BCUT2D eigenvalue weighted by molar-refractivity contribution is -0.00722. The van der Waals surface area contributed by atoms with Crippen molar-refractivity contribution >= 4 is 11.8 Å². The maximum Gasteiger partial charge on any atom is 0.269 e. The first kappa shape index (κ1) is 17.4. The molecule has 5 heteroatoms. The highest BCUT2D eigenvalue weighted by molar-refractivity contribution is 5.99. The van der Waals surface area contributed by atoms with Gasteiger partial charge in [-0.2, -0.15) is 0 Å². The molecule has 0 atom stereocenters. The Hall–Kier alpha value is -2.69. The fourth-order valence-electron chi connectivity index (χ4n) is 6.13. The number of nitrogens with zero attached hydrogens (tertiary/aromatic N) is 1. The Morgan fingerprint density at radius 2 is 1.39 bits per heavy atom. The Labute approximate surface area is 164 Å². The maximum absolute atomic E-state index is 12.6. The average molecular weight is 375 g/mol. The van der Waals surface area contributed by atoms with E-state index in [9.17, 15) is 9.59 Å². The number of carbonyl (C=O) groups excluding carboxylic acids is 2. The van der Waals surface area contributed by atoms with E-state index in [1.807, 2.05) is 12.1 Å². The summed E-state index contributed by atoms with van der Waals surface area (Å²) in [5.74, 6) is 1.85. The minimum absolute atomic E-state index is 0.151. The van der Waals surface area contributed by atoms with Crippen LogP contribution in [0.5, 0.6) is 0 Å². The van der Waals surface area contributed by atoms with Crippen molar-refractivity contribution < 1.29 is 9.59 Å². The molecule has 2 aromatic rings. The zero-order chi connectivity index (χ0) is 19.1. The van der Waals surface area contributed by atoms with Crippen LogP contribution in [0.25, 0.3) is 0 Å². The van der Waals surface area contributed by atoms with Gasteiger partial charge in [-0.1, -0.05) is 18.2 Å². The molecule has 4 fully saturated rings. The number of carbonyl (C=O) groups is 2. The largest absolute Gasteiger partial charge is 0.269 e. The van der Waals surface area contributed by atoms with Gasteiger partial charge in [0.15, 0.2) is 0 Å². The number of hydrogen-bond acceptors (Lipinski definition) is 3. The number of pyridine rings is 1. The lowest BCUT2D eigenvalue weighted by Crippen LogP contribution is -2.49. The van der Waals surface area contributed by atoms with Gasteiger partial charge in [-0.15, -0.1) is 0 Å². The van der Waals surface area contributed by atoms with Gasteiger partial charge in [-0.05, 0) is 80.5 Å². The van der Waals surface area contributed by atoms with E-state index >= 15 is 0 Å². The zero-order valence-corrected chi connectivity index (χ0v) is 15.9. The topological polar surface area (TPSA) is 71.1 Å². The molecular weight excluding hydrogens is 350 g/mol. The van der Waals surface area contributed by atoms with Crippen LogP contribution >= 0.6 is 0 Å². The van der Waals surface area contributed by atoms with Gasteiger partial charge >= 0.3 is 0 Å². The first-order chi connectivity index (χ1) is 13.6. The first-order valence-corrected chi connectivity index (χ1v) is 10.2. The summed E-state index contributed by atoms with van der Waals surface area (Å²) in [5, 5.41) is 0. The number of hydrazine groups is 1. The molecule has 0 unspecified atom stereocenters. The van der Waals surface area contributed by atoms with E-state index in [1.54, 1.807) is 36.5 Å². The second-order valence-corrected chi connectivity index (χ2v) is 8.90. The second kappa shape index (κ2) is 6.73. The summed E-state index contributed by atoms with van der Waals surface area (Å²) in [5.41, 5.74) is 7.30. The average Bonchev–Trinajstić information content (AvgIpc) is 2.71. The predicted molar refractivity (Wildman–Crippen MR) is 105 cm³/mol. The van der Waals surface area contributed by atoms with Gasteiger partial charge in [-0.3, -0.25) is 25.4 Å². The SMILES string of the molecule is O=C(NNC(=O)c1ccnc(C23CC4CC(CC(C4)C2)C3)c1)c1ccccc1. The minimum atomic E-state index is -0.329. The van der Waals surface area contributed by atoms with Crippen molar-refractivity contribution in [1.82, 2.24) is 15.8 Å². The lowest BCUT2D eigenvalue weighted by atomic mass is 9.48. The molecule has 0 aliphatic heterocycles. The van der Waals surface area contributed by atoms with Crippen molar-refractivity contribution in [3.05, 3.63) is 65.5 Å². The Morgan fingerprint density at radius 3 is 2.00 bits per heavy atom. The van der Waals surface area contributed by atoms with Crippen molar-refractivity contribution in [3.8, 4) is 0 Å². The number of aromatic nitrogens is 1. The van der Waals surface area contributed by atoms with Crippen LogP contribution in [0.3, 0.4) is 0 Å². The number of rotatable bonds is 3. The number of amides is 2. The van der Waals surface area contributed by atoms with Gasteiger partial charge in [0.1, 0.15) is 0 Å². The third kappa shape index (κ3) is 3.09. The van der Waals surface area contributed by atoms with Crippen molar-refractivity contribution in [2.24, 2.45) is 17.8 Å². The quantitative estimate of drug-likeness (QED) is 0.805. The third-order valence-corrected chi connectivity index (χ3v) is 6.93. The van der Waals surface area contributed by atoms with Crippen molar-refractivity contribution in [3.63, 3.8) is 0 Å². The van der Waals surface area contributed by atoms with Crippen molar-refractivity contribution in [2.45, 2.75) is 43.9 Å². The molecule has 4 aliphatic carbocycles. The van der Waals surface area contributed by atoms with E-state index in [4.69, 9.17) is 0 Å². The van der Waals surface area contributed by atoms with E-state index in [0.29, 0.717) is 11.1 Å². The van der Waals surface area contributed by atoms with Crippen molar-refractivity contribution in [2.75, 3.05) is 0 Å².